The molecule has 0 unspecified atom stereocenters. The molecular weight excluding hydrogens is 216 g/mol. The van der Waals surface area contributed by atoms with Crippen molar-refractivity contribution in [3.63, 3.8) is 0 Å². The van der Waals surface area contributed by atoms with Crippen molar-refractivity contribution in [2.45, 2.75) is 20.3 Å². The van der Waals surface area contributed by atoms with Crippen LogP contribution in [0, 0.1) is 13.8 Å². The molecule has 17 heavy (non-hydrogen) atoms. The van der Waals surface area contributed by atoms with Gasteiger partial charge in [0.1, 0.15) is 0 Å². The van der Waals surface area contributed by atoms with E-state index in [0.717, 1.165) is 22.5 Å². The molecular formula is C13H14N2O2. The van der Waals surface area contributed by atoms with Gasteiger partial charge in [-0.2, -0.15) is 5.10 Å². The Labute approximate surface area is 99.5 Å². The summed E-state index contributed by atoms with van der Waals surface area (Å²) < 4.78 is 1.74. The van der Waals surface area contributed by atoms with Crippen LogP contribution in [-0.2, 0) is 11.2 Å². The number of para-hydroxylation sites is 1. The summed E-state index contributed by atoms with van der Waals surface area (Å²) in [5, 5.41) is 13.1. The van der Waals surface area contributed by atoms with Crippen LogP contribution in [0.2, 0.25) is 0 Å². The molecule has 2 aromatic rings. The van der Waals surface area contributed by atoms with Crippen molar-refractivity contribution < 1.29 is 9.90 Å². The summed E-state index contributed by atoms with van der Waals surface area (Å²) in [5.41, 5.74) is 3.60. The van der Waals surface area contributed by atoms with Gasteiger partial charge in [0.2, 0.25) is 0 Å². The summed E-state index contributed by atoms with van der Waals surface area (Å²) in [6.07, 6.45) is 1.80. The van der Waals surface area contributed by atoms with Crippen LogP contribution in [0.3, 0.4) is 0 Å². The summed E-state index contributed by atoms with van der Waals surface area (Å²) in [5.74, 6) is -0.836. The minimum absolute atomic E-state index is 0.0116. The lowest BCUT2D eigenvalue weighted by molar-refractivity contribution is -0.136. The number of aryl methyl sites for hydroxylation is 2. The molecule has 0 bridgehead atoms. The maximum absolute atomic E-state index is 10.7. The Bertz CT molecular complexity index is 558. The highest BCUT2D eigenvalue weighted by Crippen LogP contribution is 2.15. The number of carbonyl (C=O) groups is 1. The molecule has 1 N–H and O–H groups in total. The smallest absolute Gasteiger partial charge is 0.307 e. The molecule has 0 radical (unpaired) electrons. The summed E-state index contributed by atoms with van der Waals surface area (Å²) in [6.45, 7) is 3.83. The lowest BCUT2D eigenvalue weighted by Gasteiger charge is -2.04. The lowest BCUT2D eigenvalue weighted by Crippen LogP contribution is -2.00. The number of carboxylic acid groups (broad SMARTS) is 1. The maximum atomic E-state index is 10.7. The van der Waals surface area contributed by atoms with Crippen molar-refractivity contribution in [1.29, 1.82) is 0 Å². The zero-order valence-electron chi connectivity index (χ0n) is 9.84. The van der Waals surface area contributed by atoms with Gasteiger partial charge in [-0.05, 0) is 25.5 Å². The fourth-order valence-electron chi connectivity index (χ4n) is 1.78. The van der Waals surface area contributed by atoms with E-state index in [9.17, 15) is 4.79 Å². The summed E-state index contributed by atoms with van der Waals surface area (Å²) in [6, 6.07) is 7.87. The number of nitrogens with zero attached hydrogens (tertiary/aromatic N) is 2. The van der Waals surface area contributed by atoms with E-state index in [0.29, 0.717) is 0 Å². The molecule has 0 spiro atoms. The molecule has 1 aromatic carbocycles. The molecule has 0 saturated heterocycles. The first-order chi connectivity index (χ1) is 8.08. The average Bonchev–Trinajstić information content (AvgIpc) is 2.60. The van der Waals surface area contributed by atoms with Crippen LogP contribution >= 0.6 is 0 Å². The van der Waals surface area contributed by atoms with Gasteiger partial charge < -0.3 is 5.11 Å². The fourth-order valence-corrected chi connectivity index (χ4v) is 1.78. The van der Waals surface area contributed by atoms with Crippen molar-refractivity contribution >= 4 is 5.97 Å². The van der Waals surface area contributed by atoms with Crippen LogP contribution in [-0.4, -0.2) is 20.9 Å². The zero-order chi connectivity index (χ0) is 12.4. The summed E-state index contributed by atoms with van der Waals surface area (Å²) in [4.78, 5) is 10.7. The molecule has 0 aliphatic rings. The van der Waals surface area contributed by atoms with Crippen molar-refractivity contribution in [3.8, 4) is 5.69 Å². The third-order valence-electron chi connectivity index (χ3n) is 2.70. The van der Waals surface area contributed by atoms with Crippen LogP contribution in [0.15, 0.2) is 30.5 Å². The standard InChI is InChI=1S/C13H14N2O2/c1-9-5-3-4-6-12(9)15-8-11(7-13(16)17)10(2)14-15/h3-6,8H,7H2,1-2H3,(H,16,17). The Morgan fingerprint density at radius 2 is 2.06 bits per heavy atom. The third-order valence-corrected chi connectivity index (χ3v) is 2.70. The molecule has 0 aliphatic heterocycles. The Morgan fingerprint density at radius 1 is 1.35 bits per heavy atom. The highest BCUT2D eigenvalue weighted by atomic mass is 16.4. The van der Waals surface area contributed by atoms with Crippen LogP contribution in [0.5, 0.6) is 0 Å². The number of hydrogen-bond donors (Lipinski definition) is 1. The molecule has 0 aliphatic carbocycles. The molecule has 0 amide bonds. The predicted molar refractivity (Wildman–Crippen MR) is 64.4 cm³/mol. The molecule has 0 atom stereocenters. The van der Waals surface area contributed by atoms with Crippen molar-refractivity contribution in [1.82, 2.24) is 9.78 Å². The zero-order valence-corrected chi connectivity index (χ0v) is 9.84. The van der Waals surface area contributed by atoms with Gasteiger partial charge in [0.25, 0.3) is 0 Å². The number of aliphatic carboxylic acids is 1. The van der Waals surface area contributed by atoms with Gasteiger partial charge in [-0.15, -0.1) is 0 Å². The van der Waals surface area contributed by atoms with Gasteiger partial charge in [-0.3, -0.25) is 4.79 Å². The Kier molecular flexibility index (Phi) is 2.95. The van der Waals surface area contributed by atoms with Gasteiger partial charge >= 0.3 is 5.97 Å². The summed E-state index contributed by atoms with van der Waals surface area (Å²) >= 11 is 0. The Balaban J connectivity index is 2.41. The van der Waals surface area contributed by atoms with Gasteiger partial charge in [-0.1, -0.05) is 18.2 Å². The molecule has 1 aromatic heterocycles. The van der Waals surface area contributed by atoms with E-state index in [1.165, 1.54) is 0 Å². The van der Waals surface area contributed by atoms with E-state index < -0.39 is 5.97 Å². The number of carboxylic acids is 1. The van der Waals surface area contributed by atoms with Crippen molar-refractivity contribution in [2.75, 3.05) is 0 Å². The molecule has 4 heteroatoms. The lowest BCUT2D eigenvalue weighted by atomic mass is 10.2. The normalized spacial score (nSPS) is 10.5. The van der Waals surface area contributed by atoms with E-state index in [1.54, 1.807) is 10.9 Å². The maximum Gasteiger partial charge on any atom is 0.307 e. The quantitative estimate of drug-likeness (QED) is 0.878. The molecule has 0 saturated carbocycles. The van der Waals surface area contributed by atoms with E-state index >= 15 is 0 Å². The highest BCUT2D eigenvalue weighted by molar-refractivity contribution is 5.70. The van der Waals surface area contributed by atoms with E-state index in [2.05, 4.69) is 5.10 Å². The van der Waals surface area contributed by atoms with Gasteiger partial charge in [0, 0.05) is 11.8 Å². The molecule has 1 heterocycles. The second-order valence-corrected chi connectivity index (χ2v) is 4.04. The Hall–Kier alpha value is -2.10. The Morgan fingerprint density at radius 3 is 2.71 bits per heavy atom. The minimum Gasteiger partial charge on any atom is -0.481 e. The van der Waals surface area contributed by atoms with Gasteiger partial charge in [-0.25, -0.2) is 4.68 Å². The number of benzene rings is 1. The van der Waals surface area contributed by atoms with E-state index in [4.69, 9.17) is 5.11 Å². The third kappa shape index (κ3) is 2.36. The second kappa shape index (κ2) is 4.41. The van der Waals surface area contributed by atoms with E-state index in [1.807, 2.05) is 38.1 Å². The van der Waals surface area contributed by atoms with E-state index in [-0.39, 0.29) is 6.42 Å². The monoisotopic (exact) mass is 230 g/mol. The molecule has 88 valence electrons. The second-order valence-electron chi connectivity index (χ2n) is 4.04. The van der Waals surface area contributed by atoms with Gasteiger partial charge in [0.05, 0.1) is 17.8 Å². The largest absolute Gasteiger partial charge is 0.481 e. The van der Waals surface area contributed by atoms with Crippen LogP contribution in [0.1, 0.15) is 16.8 Å². The topological polar surface area (TPSA) is 55.1 Å². The SMILES string of the molecule is Cc1ccccc1-n1cc(CC(=O)O)c(C)n1. The fraction of sp³-hybridized carbons (Fsp3) is 0.231. The molecule has 2 rings (SSSR count). The number of aromatic nitrogens is 2. The first kappa shape index (κ1) is 11.4. The molecule has 0 fully saturated rings. The highest BCUT2D eigenvalue weighted by Gasteiger charge is 2.10. The van der Waals surface area contributed by atoms with Crippen LogP contribution < -0.4 is 0 Å². The first-order valence-corrected chi connectivity index (χ1v) is 5.41. The van der Waals surface area contributed by atoms with Crippen LogP contribution in [0.25, 0.3) is 5.69 Å². The summed E-state index contributed by atoms with van der Waals surface area (Å²) in [7, 11) is 0. The van der Waals surface area contributed by atoms with Gasteiger partial charge in [0.15, 0.2) is 0 Å². The van der Waals surface area contributed by atoms with Crippen LogP contribution in [0.4, 0.5) is 0 Å². The number of rotatable bonds is 3. The predicted octanol–water partition coefficient (Wildman–Crippen LogP) is 2.12. The van der Waals surface area contributed by atoms with Crippen molar-refractivity contribution in [3.05, 3.63) is 47.3 Å². The molecule has 4 nitrogen and oxygen atoms in total. The first-order valence-electron chi connectivity index (χ1n) is 5.41. The average molecular weight is 230 g/mol. The van der Waals surface area contributed by atoms with Crippen molar-refractivity contribution in [2.24, 2.45) is 0 Å². The minimum atomic E-state index is -0.836. The number of hydrogen-bond acceptors (Lipinski definition) is 2.